The highest BCUT2D eigenvalue weighted by molar-refractivity contribution is 5.93. The number of hydrogen-bond acceptors (Lipinski definition) is 1. The molecule has 5 rings (SSSR count). The van der Waals surface area contributed by atoms with Gasteiger partial charge in [-0.1, -0.05) is 72.3 Å². The Bertz CT molecular complexity index is 1080. The van der Waals surface area contributed by atoms with E-state index in [0.29, 0.717) is 5.56 Å². The van der Waals surface area contributed by atoms with Gasteiger partial charge in [0, 0.05) is 24.4 Å². The summed E-state index contributed by atoms with van der Waals surface area (Å²) in [4.78, 5) is 11.9. The number of rotatable bonds is 4. The lowest BCUT2D eigenvalue weighted by Gasteiger charge is -2.31. The van der Waals surface area contributed by atoms with Crippen molar-refractivity contribution in [3.8, 4) is 0 Å². The number of allylic oxidation sites excluding steroid dienone is 1. The van der Waals surface area contributed by atoms with Crippen molar-refractivity contribution in [2.45, 2.75) is 19.3 Å². The first-order valence-corrected chi connectivity index (χ1v) is 10.2. The topological polar surface area (TPSA) is 29.1 Å². The molecule has 3 aromatic carbocycles. The molecule has 1 radical (unpaired) electrons. The zero-order chi connectivity index (χ0) is 19.8. The molecule has 0 aliphatic heterocycles. The third kappa shape index (κ3) is 3.19. The van der Waals surface area contributed by atoms with Crippen LogP contribution in [-0.4, -0.2) is 13.0 Å². The molecule has 3 aromatic rings. The monoisotopic (exact) mass is 378 g/mol. The smallest absolute Gasteiger partial charge is 0.251 e. The number of carbonyl (C=O) groups excluding carboxylic acids is 1. The molecule has 0 fully saturated rings. The van der Waals surface area contributed by atoms with E-state index < -0.39 is 0 Å². The Kier molecular flexibility index (Phi) is 4.35. The van der Waals surface area contributed by atoms with E-state index in [9.17, 15) is 4.79 Å². The third-order valence-corrected chi connectivity index (χ3v) is 6.36. The van der Waals surface area contributed by atoms with Gasteiger partial charge in [0.2, 0.25) is 0 Å². The first-order chi connectivity index (χ1) is 14.2. The molecule has 0 saturated carbocycles. The van der Waals surface area contributed by atoms with Crippen molar-refractivity contribution in [3.63, 3.8) is 0 Å². The van der Waals surface area contributed by atoms with E-state index in [-0.39, 0.29) is 11.3 Å². The second-order valence-electron chi connectivity index (χ2n) is 8.17. The van der Waals surface area contributed by atoms with Gasteiger partial charge >= 0.3 is 0 Å². The molecule has 2 aliphatic carbocycles. The van der Waals surface area contributed by atoms with Gasteiger partial charge in [0.1, 0.15) is 0 Å². The van der Waals surface area contributed by atoms with Gasteiger partial charge in [-0.25, -0.2) is 0 Å². The van der Waals surface area contributed by atoms with Crippen LogP contribution in [0.1, 0.15) is 38.2 Å². The molecule has 0 unspecified atom stereocenters. The molecule has 0 saturated heterocycles. The molecule has 0 spiro atoms. The Morgan fingerprint density at radius 3 is 2.28 bits per heavy atom. The summed E-state index contributed by atoms with van der Waals surface area (Å²) >= 11 is 0. The maximum absolute atomic E-state index is 11.9. The number of fused-ring (bicyclic) bond motifs is 2. The van der Waals surface area contributed by atoms with Gasteiger partial charge < -0.3 is 5.32 Å². The minimum absolute atomic E-state index is 0.0166. The van der Waals surface area contributed by atoms with Gasteiger partial charge in [-0.15, -0.1) is 0 Å². The molecular formula is C27H24NO. The van der Waals surface area contributed by atoms with Crippen molar-refractivity contribution in [1.29, 1.82) is 0 Å². The number of hydrogen-bond donors (Lipinski definition) is 1. The Balaban J connectivity index is 1.50. The van der Waals surface area contributed by atoms with Gasteiger partial charge in [0.05, 0.1) is 0 Å². The van der Waals surface area contributed by atoms with Crippen molar-refractivity contribution < 1.29 is 4.79 Å². The first-order valence-electron chi connectivity index (χ1n) is 10.2. The molecule has 1 atom stereocenters. The largest absolute Gasteiger partial charge is 0.355 e. The fourth-order valence-corrected chi connectivity index (χ4v) is 4.84. The average Bonchev–Trinajstić information content (AvgIpc) is 3.36. The number of amides is 1. The van der Waals surface area contributed by atoms with Gasteiger partial charge in [-0.3, -0.25) is 4.79 Å². The normalized spacial score (nSPS) is 16.1. The van der Waals surface area contributed by atoms with Crippen LogP contribution in [0.4, 0.5) is 0 Å². The van der Waals surface area contributed by atoms with Crippen LogP contribution >= 0.6 is 0 Å². The summed E-state index contributed by atoms with van der Waals surface area (Å²) in [6, 6.07) is 25.5. The molecule has 0 bridgehead atoms. The standard InChI is InChI=1S/C27H24NO/c1-28-26(29)20-12-10-19(11-13-20)16-27(17-23-8-4-5-9-24(23)18-27)25-14-21-6-2-3-7-22(21)15-25/h2-14,17H,15-16,18H2,1H3,(H,28,29)/t27-/m0/s1. The molecule has 0 aromatic heterocycles. The summed E-state index contributed by atoms with van der Waals surface area (Å²) in [7, 11) is 1.67. The second-order valence-corrected chi connectivity index (χ2v) is 8.17. The van der Waals surface area contributed by atoms with Gasteiger partial charge in [0.25, 0.3) is 5.91 Å². The highest BCUT2D eigenvalue weighted by Gasteiger charge is 2.41. The second kappa shape index (κ2) is 7.04. The van der Waals surface area contributed by atoms with Crippen molar-refractivity contribution in [3.05, 3.63) is 118 Å². The SMILES string of the molecule is CNC(=O)c1ccc(C[C@]2(C3=Cc4ccccc4C3)[CH]c3ccccc3C2)cc1. The molecule has 2 nitrogen and oxygen atoms in total. The highest BCUT2D eigenvalue weighted by Crippen LogP contribution is 2.50. The number of nitrogens with one attached hydrogen (secondary N) is 1. The summed E-state index contributed by atoms with van der Waals surface area (Å²) < 4.78 is 0. The molecule has 1 amide bonds. The predicted octanol–water partition coefficient (Wildman–Crippen LogP) is 5.02. The lowest BCUT2D eigenvalue weighted by molar-refractivity contribution is 0.0963. The van der Waals surface area contributed by atoms with E-state index in [2.05, 4.69) is 78.5 Å². The Morgan fingerprint density at radius 1 is 0.897 bits per heavy atom. The molecule has 2 aliphatic rings. The van der Waals surface area contributed by atoms with E-state index in [1.54, 1.807) is 7.05 Å². The minimum atomic E-state index is -0.0416. The van der Waals surface area contributed by atoms with E-state index in [4.69, 9.17) is 0 Å². The lowest BCUT2D eigenvalue weighted by atomic mass is 9.72. The van der Waals surface area contributed by atoms with Crippen LogP contribution in [0.3, 0.4) is 0 Å². The van der Waals surface area contributed by atoms with Crippen molar-refractivity contribution >= 4 is 12.0 Å². The molecule has 1 N–H and O–H groups in total. The van der Waals surface area contributed by atoms with Gasteiger partial charge in [0.15, 0.2) is 0 Å². The van der Waals surface area contributed by atoms with Crippen molar-refractivity contribution in [2.24, 2.45) is 5.41 Å². The highest BCUT2D eigenvalue weighted by atomic mass is 16.1. The maximum Gasteiger partial charge on any atom is 0.251 e. The first kappa shape index (κ1) is 17.9. The predicted molar refractivity (Wildman–Crippen MR) is 118 cm³/mol. The van der Waals surface area contributed by atoms with E-state index in [1.807, 2.05) is 12.1 Å². The van der Waals surface area contributed by atoms with Crippen LogP contribution in [0, 0.1) is 11.8 Å². The minimum Gasteiger partial charge on any atom is -0.355 e. The van der Waals surface area contributed by atoms with E-state index in [1.165, 1.54) is 33.4 Å². The van der Waals surface area contributed by atoms with Crippen LogP contribution in [0.25, 0.3) is 6.08 Å². The van der Waals surface area contributed by atoms with Gasteiger partial charge in [-0.2, -0.15) is 0 Å². The van der Waals surface area contributed by atoms with Crippen LogP contribution in [0.2, 0.25) is 0 Å². The molecule has 29 heavy (non-hydrogen) atoms. The maximum atomic E-state index is 11.9. The summed E-state index contributed by atoms with van der Waals surface area (Å²) in [5.41, 5.74) is 8.98. The molecule has 0 heterocycles. The summed E-state index contributed by atoms with van der Waals surface area (Å²) in [6.07, 6.45) is 7.86. The molecule has 2 heteroatoms. The van der Waals surface area contributed by atoms with Crippen LogP contribution in [0.15, 0.2) is 78.4 Å². The Hall–Kier alpha value is -3.13. The van der Waals surface area contributed by atoms with Gasteiger partial charge in [-0.05, 0) is 59.2 Å². The van der Waals surface area contributed by atoms with E-state index in [0.717, 1.165) is 19.3 Å². The van der Waals surface area contributed by atoms with Crippen molar-refractivity contribution in [1.82, 2.24) is 5.32 Å². The lowest BCUT2D eigenvalue weighted by Crippen LogP contribution is -2.26. The van der Waals surface area contributed by atoms with Crippen LogP contribution in [-0.2, 0) is 19.3 Å². The average molecular weight is 378 g/mol. The van der Waals surface area contributed by atoms with E-state index >= 15 is 0 Å². The Morgan fingerprint density at radius 2 is 1.59 bits per heavy atom. The zero-order valence-corrected chi connectivity index (χ0v) is 16.6. The molecule has 143 valence electrons. The number of benzene rings is 3. The van der Waals surface area contributed by atoms with Crippen LogP contribution in [0.5, 0.6) is 0 Å². The fourth-order valence-electron chi connectivity index (χ4n) is 4.84. The van der Waals surface area contributed by atoms with Crippen LogP contribution < -0.4 is 5.32 Å². The zero-order valence-electron chi connectivity index (χ0n) is 16.6. The van der Waals surface area contributed by atoms with Crippen molar-refractivity contribution in [2.75, 3.05) is 7.05 Å². The quantitative estimate of drug-likeness (QED) is 0.678. The summed E-state index contributed by atoms with van der Waals surface area (Å²) in [5.74, 6) is -0.0416. The fraction of sp³-hybridized carbons (Fsp3) is 0.185. The summed E-state index contributed by atoms with van der Waals surface area (Å²) in [5, 5.41) is 2.69. The number of carbonyl (C=O) groups is 1. The molecular weight excluding hydrogens is 354 g/mol. The third-order valence-electron chi connectivity index (χ3n) is 6.36. The summed E-state index contributed by atoms with van der Waals surface area (Å²) in [6.45, 7) is 0. The Labute approximate surface area is 172 Å².